The lowest BCUT2D eigenvalue weighted by molar-refractivity contribution is 0.0555. The standard InChI is InChI=1S/C12H16ClNO/c1-4-12(15-14-9(2)3)10-7-5-6-8-11(10)13/h5-8,12H,4H2,1-3H3/t12-/m1/s1. The number of halogens is 1. The number of hydrogen-bond donors (Lipinski definition) is 0. The van der Waals surface area contributed by atoms with Gasteiger partial charge >= 0.3 is 0 Å². The van der Waals surface area contributed by atoms with Gasteiger partial charge in [0.15, 0.2) is 6.10 Å². The van der Waals surface area contributed by atoms with Crippen molar-refractivity contribution in [2.45, 2.75) is 33.3 Å². The summed E-state index contributed by atoms with van der Waals surface area (Å²) in [5, 5.41) is 4.70. The van der Waals surface area contributed by atoms with Crippen LogP contribution in [0.5, 0.6) is 0 Å². The lowest BCUT2D eigenvalue weighted by atomic mass is 10.1. The van der Waals surface area contributed by atoms with Gasteiger partial charge in [-0.1, -0.05) is 41.9 Å². The van der Waals surface area contributed by atoms with E-state index in [-0.39, 0.29) is 6.10 Å². The third-order valence-corrected chi connectivity index (χ3v) is 2.33. The lowest BCUT2D eigenvalue weighted by Gasteiger charge is -2.14. The first-order valence-corrected chi connectivity index (χ1v) is 5.44. The van der Waals surface area contributed by atoms with Gasteiger partial charge in [-0.2, -0.15) is 0 Å². The fraction of sp³-hybridized carbons (Fsp3) is 0.417. The molecule has 0 fully saturated rings. The van der Waals surface area contributed by atoms with E-state index in [1.165, 1.54) is 0 Å². The zero-order valence-corrected chi connectivity index (χ0v) is 10.1. The maximum atomic E-state index is 6.08. The Hall–Kier alpha value is -1.02. The fourth-order valence-corrected chi connectivity index (χ4v) is 1.51. The molecule has 1 atom stereocenters. The van der Waals surface area contributed by atoms with Crippen molar-refractivity contribution in [1.82, 2.24) is 0 Å². The smallest absolute Gasteiger partial charge is 0.153 e. The number of rotatable bonds is 4. The van der Waals surface area contributed by atoms with E-state index in [1.807, 2.05) is 38.1 Å². The van der Waals surface area contributed by atoms with E-state index in [1.54, 1.807) is 0 Å². The van der Waals surface area contributed by atoms with Crippen LogP contribution in [0.15, 0.2) is 29.4 Å². The number of nitrogens with zero attached hydrogens (tertiary/aromatic N) is 1. The monoisotopic (exact) mass is 225 g/mol. The van der Waals surface area contributed by atoms with Gasteiger partial charge in [0.2, 0.25) is 0 Å². The zero-order chi connectivity index (χ0) is 11.3. The first-order valence-electron chi connectivity index (χ1n) is 5.06. The summed E-state index contributed by atoms with van der Waals surface area (Å²) >= 11 is 6.08. The van der Waals surface area contributed by atoms with Crippen molar-refractivity contribution in [3.63, 3.8) is 0 Å². The second-order valence-electron chi connectivity index (χ2n) is 3.56. The van der Waals surface area contributed by atoms with Crippen LogP contribution < -0.4 is 0 Å². The summed E-state index contributed by atoms with van der Waals surface area (Å²) in [5.74, 6) is 0. The van der Waals surface area contributed by atoms with Crippen LogP contribution in [-0.4, -0.2) is 5.71 Å². The molecule has 2 nitrogen and oxygen atoms in total. The van der Waals surface area contributed by atoms with E-state index < -0.39 is 0 Å². The molecule has 0 saturated heterocycles. The van der Waals surface area contributed by atoms with Crippen LogP contribution in [0.4, 0.5) is 0 Å². The van der Waals surface area contributed by atoms with Crippen molar-refractivity contribution in [2.24, 2.45) is 5.16 Å². The van der Waals surface area contributed by atoms with Gasteiger partial charge in [-0.3, -0.25) is 0 Å². The lowest BCUT2D eigenvalue weighted by Crippen LogP contribution is -2.01. The molecular formula is C12H16ClNO. The Labute approximate surface area is 95.9 Å². The van der Waals surface area contributed by atoms with Gasteiger partial charge in [0.1, 0.15) is 0 Å². The Bertz CT molecular complexity index is 345. The van der Waals surface area contributed by atoms with Gasteiger partial charge < -0.3 is 4.84 Å². The minimum Gasteiger partial charge on any atom is -0.388 e. The molecule has 0 aliphatic carbocycles. The fourth-order valence-electron chi connectivity index (χ4n) is 1.26. The Morgan fingerprint density at radius 3 is 2.60 bits per heavy atom. The average Bonchev–Trinajstić information content (AvgIpc) is 2.21. The molecule has 1 aromatic rings. The number of oxime groups is 1. The van der Waals surface area contributed by atoms with Gasteiger partial charge in [0, 0.05) is 10.6 Å². The quantitative estimate of drug-likeness (QED) is 0.556. The van der Waals surface area contributed by atoms with E-state index in [0.717, 1.165) is 22.7 Å². The summed E-state index contributed by atoms with van der Waals surface area (Å²) in [6.07, 6.45) is 0.786. The normalized spacial score (nSPS) is 12.0. The minimum absolute atomic E-state index is 0.0615. The summed E-state index contributed by atoms with van der Waals surface area (Å²) in [6, 6.07) is 7.70. The third kappa shape index (κ3) is 3.56. The molecule has 0 aliphatic rings. The summed E-state index contributed by atoms with van der Waals surface area (Å²) in [6.45, 7) is 5.85. The minimum atomic E-state index is -0.0615. The van der Waals surface area contributed by atoms with Crippen LogP contribution >= 0.6 is 11.6 Å². The third-order valence-electron chi connectivity index (χ3n) is 1.99. The molecule has 0 N–H and O–H groups in total. The molecule has 82 valence electrons. The molecule has 0 radical (unpaired) electrons. The second kappa shape index (κ2) is 5.76. The molecule has 0 aromatic heterocycles. The Morgan fingerprint density at radius 1 is 1.40 bits per heavy atom. The van der Waals surface area contributed by atoms with Crippen LogP contribution in [0.25, 0.3) is 0 Å². The van der Waals surface area contributed by atoms with Crippen LogP contribution in [-0.2, 0) is 4.84 Å². The highest BCUT2D eigenvalue weighted by Gasteiger charge is 2.13. The molecule has 1 aromatic carbocycles. The van der Waals surface area contributed by atoms with Crippen molar-refractivity contribution < 1.29 is 4.84 Å². The van der Waals surface area contributed by atoms with Crippen LogP contribution in [0.2, 0.25) is 5.02 Å². The maximum Gasteiger partial charge on any atom is 0.153 e. The Kier molecular flexibility index (Phi) is 4.63. The first kappa shape index (κ1) is 12.1. The van der Waals surface area contributed by atoms with Gasteiger partial charge in [-0.15, -0.1) is 0 Å². The van der Waals surface area contributed by atoms with E-state index >= 15 is 0 Å². The molecule has 3 heteroatoms. The Balaban J connectivity index is 2.83. The molecule has 0 amide bonds. The predicted octanol–water partition coefficient (Wildman–Crippen LogP) is 4.20. The van der Waals surface area contributed by atoms with E-state index in [0.29, 0.717) is 0 Å². The van der Waals surface area contributed by atoms with Crippen molar-refractivity contribution in [1.29, 1.82) is 0 Å². The molecule has 1 rings (SSSR count). The van der Waals surface area contributed by atoms with Crippen molar-refractivity contribution >= 4 is 17.3 Å². The summed E-state index contributed by atoms with van der Waals surface area (Å²) < 4.78 is 0. The van der Waals surface area contributed by atoms with Crippen LogP contribution in [0.1, 0.15) is 38.9 Å². The summed E-state index contributed by atoms with van der Waals surface area (Å²) in [5.41, 5.74) is 1.90. The zero-order valence-electron chi connectivity index (χ0n) is 9.33. The highest BCUT2D eigenvalue weighted by Crippen LogP contribution is 2.27. The average molecular weight is 226 g/mol. The molecule has 15 heavy (non-hydrogen) atoms. The molecule has 0 heterocycles. The van der Waals surface area contributed by atoms with Gasteiger partial charge in [0.05, 0.1) is 5.71 Å². The molecule has 0 spiro atoms. The Morgan fingerprint density at radius 2 is 2.07 bits per heavy atom. The highest BCUT2D eigenvalue weighted by molar-refractivity contribution is 6.31. The first-order chi connectivity index (χ1) is 7.15. The molecule has 0 saturated carbocycles. The SMILES string of the molecule is CC[C@@H](ON=C(C)C)c1ccccc1Cl. The van der Waals surface area contributed by atoms with Gasteiger partial charge in [0.25, 0.3) is 0 Å². The van der Waals surface area contributed by atoms with Crippen LogP contribution in [0.3, 0.4) is 0 Å². The number of benzene rings is 1. The van der Waals surface area contributed by atoms with Crippen molar-refractivity contribution in [3.8, 4) is 0 Å². The molecule has 0 unspecified atom stereocenters. The maximum absolute atomic E-state index is 6.08. The van der Waals surface area contributed by atoms with Crippen LogP contribution in [0, 0.1) is 0 Å². The van der Waals surface area contributed by atoms with Crippen molar-refractivity contribution in [3.05, 3.63) is 34.9 Å². The summed E-state index contributed by atoms with van der Waals surface area (Å²) in [7, 11) is 0. The number of hydrogen-bond acceptors (Lipinski definition) is 2. The largest absolute Gasteiger partial charge is 0.388 e. The second-order valence-corrected chi connectivity index (χ2v) is 3.97. The molecule has 0 aliphatic heterocycles. The highest BCUT2D eigenvalue weighted by atomic mass is 35.5. The molecule has 0 bridgehead atoms. The molecular weight excluding hydrogens is 210 g/mol. The van der Waals surface area contributed by atoms with Crippen molar-refractivity contribution in [2.75, 3.05) is 0 Å². The summed E-state index contributed by atoms with van der Waals surface area (Å²) in [4.78, 5) is 5.42. The van der Waals surface area contributed by atoms with E-state index in [2.05, 4.69) is 12.1 Å². The van der Waals surface area contributed by atoms with E-state index in [4.69, 9.17) is 16.4 Å². The van der Waals surface area contributed by atoms with Gasteiger partial charge in [-0.25, -0.2) is 0 Å². The predicted molar refractivity (Wildman–Crippen MR) is 64.4 cm³/mol. The van der Waals surface area contributed by atoms with E-state index in [9.17, 15) is 0 Å². The van der Waals surface area contributed by atoms with Gasteiger partial charge in [-0.05, 0) is 26.3 Å². The topological polar surface area (TPSA) is 21.6 Å².